The van der Waals surface area contributed by atoms with E-state index < -0.39 is 17.7 Å². The fourth-order valence-electron chi connectivity index (χ4n) is 3.46. The van der Waals surface area contributed by atoms with E-state index in [0.29, 0.717) is 43.1 Å². The first-order valence-electron chi connectivity index (χ1n) is 9.99. The van der Waals surface area contributed by atoms with Crippen LogP contribution in [0.4, 0.5) is 0 Å². The molecule has 3 rings (SSSR count). The molecule has 7 nitrogen and oxygen atoms in total. The lowest BCUT2D eigenvalue weighted by Gasteiger charge is -2.25. The maximum absolute atomic E-state index is 12.9. The number of carbonyl (C=O) groups is 2. The molecule has 1 aliphatic heterocycles. The summed E-state index contributed by atoms with van der Waals surface area (Å²) in [6.07, 6.45) is 4.69. The molecule has 0 radical (unpaired) electrons. The van der Waals surface area contributed by atoms with Crippen molar-refractivity contribution in [2.24, 2.45) is 0 Å². The number of hydrogen-bond acceptors (Lipinski definition) is 6. The van der Waals surface area contributed by atoms with E-state index >= 15 is 0 Å². The highest BCUT2D eigenvalue weighted by atomic mass is 16.5. The lowest BCUT2D eigenvalue weighted by molar-refractivity contribution is -0.140. The Hall–Kier alpha value is -3.19. The number of rotatable bonds is 9. The average molecular weight is 410 g/mol. The fourth-order valence-corrected chi connectivity index (χ4v) is 3.46. The molecular weight excluding hydrogens is 384 g/mol. The number of amides is 1. The van der Waals surface area contributed by atoms with Crippen LogP contribution in [0.25, 0.3) is 5.76 Å². The Labute approximate surface area is 175 Å². The highest BCUT2D eigenvalue weighted by Crippen LogP contribution is 2.39. The Morgan fingerprint density at radius 1 is 1.17 bits per heavy atom. The van der Waals surface area contributed by atoms with Gasteiger partial charge in [-0.15, -0.1) is 0 Å². The summed E-state index contributed by atoms with van der Waals surface area (Å²) in [5.41, 5.74) is 1.17. The third-order valence-corrected chi connectivity index (χ3v) is 4.89. The van der Waals surface area contributed by atoms with E-state index in [4.69, 9.17) is 9.47 Å². The van der Waals surface area contributed by atoms with E-state index in [1.165, 1.54) is 4.90 Å². The molecule has 30 heavy (non-hydrogen) atoms. The largest absolute Gasteiger partial charge is 0.507 e. The molecule has 1 fully saturated rings. The SMILES string of the molecule is CCCOc1ccc(C(O)=C2C(=O)C(=O)N(CCCOC)C2c2cccnc2)cc1. The Morgan fingerprint density at radius 2 is 1.93 bits per heavy atom. The van der Waals surface area contributed by atoms with Gasteiger partial charge in [-0.05, 0) is 48.7 Å². The van der Waals surface area contributed by atoms with Crippen molar-refractivity contribution in [2.75, 3.05) is 26.9 Å². The van der Waals surface area contributed by atoms with E-state index in [9.17, 15) is 14.7 Å². The second-order valence-corrected chi connectivity index (χ2v) is 7.00. The van der Waals surface area contributed by atoms with Crippen LogP contribution in [0.3, 0.4) is 0 Å². The molecular formula is C23H26N2O5. The zero-order valence-electron chi connectivity index (χ0n) is 17.2. The Bertz CT molecular complexity index is 909. The first-order valence-corrected chi connectivity index (χ1v) is 9.99. The molecule has 7 heteroatoms. The number of benzene rings is 1. The van der Waals surface area contributed by atoms with Gasteiger partial charge in [0.25, 0.3) is 11.7 Å². The molecule has 0 bridgehead atoms. The van der Waals surface area contributed by atoms with Crippen molar-refractivity contribution in [1.82, 2.24) is 9.88 Å². The van der Waals surface area contributed by atoms with Crippen LogP contribution in [0.5, 0.6) is 5.75 Å². The topological polar surface area (TPSA) is 89.0 Å². The molecule has 1 aromatic carbocycles. The fraction of sp³-hybridized carbons (Fsp3) is 0.348. The van der Waals surface area contributed by atoms with E-state index in [1.807, 2.05) is 6.92 Å². The van der Waals surface area contributed by atoms with Gasteiger partial charge in [0.1, 0.15) is 11.5 Å². The van der Waals surface area contributed by atoms with Gasteiger partial charge in [-0.2, -0.15) is 0 Å². The molecule has 2 heterocycles. The lowest BCUT2D eigenvalue weighted by atomic mass is 9.96. The van der Waals surface area contributed by atoms with E-state index in [0.717, 1.165) is 6.42 Å². The van der Waals surface area contributed by atoms with Gasteiger partial charge in [0.15, 0.2) is 0 Å². The van der Waals surface area contributed by atoms with Gasteiger partial charge >= 0.3 is 0 Å². The molecule has 1 saturated heterocycles. The highest BCUT2D eigenvalue weighted by molar-refractivity contribution is 6.46. The van der Waals surface area contributed by atoms with Crippen LogP contribution in [0, 0.1) is 0 Å². The van der Waals surface area contributed by atoms with Crippen molar-refractivity contribution in [3.05, 3.63) is 65.5 Å². The number of hydrogen-bond donors (Lipinski definition) is 1. The third kappa shape index (κ3) is 4.52. The molecule has 158 valence electrons. The number of likely N-dealkylation sites (tertiary alicyclic amines) is 1. The van der Waals surface area contributed by atoms with Crippen molar-refractivity contribution in [3.63, 3.8) is 0 Å². The molecule has 1 atom stereocenters. The maximum atomic E-state index is 12.9. The van der Waals surface area contributed by atoms with Crippen LogP contribution < -0.4 is 4.74 Å². The third-order valence-electron chi connectivity index (χ3n) is 4.89. The molecule has 1 aromatic heterocycles. The van der Waals surface area contributed by atoms with Crippen LogP contribution >= 0.6 is 0 Å². The summed E-state index contributed by atoms with van der Waals surface area (Å²) in [7, 11) is 1.58. The van der Waals surface area contributed by atoms with Gasteiger partial charge in [-0.3, -0.25) is 14.6 Å². The first kappa shape index (κ1) is 21.5. The second-order valence-electron chi connectivity index (χ2n) is 7.00. The van der Waals surface area contributed by atoms with Crippen molar-refractivity contribution in [1.29, 1.82) is 0 Å². The minimum absolute atomic E-state index is 0.0626. The van der Waals surface area contributed by atoms with Gasteiger partial charge in [0.05, 0.1) is 18.2 Å². The van der Waals surface area contributed by atoms with Crippen LogP contribution in [0.1, 0.15) is 36.9 Å². The summed E-state index contributed by atoms with van der Waals surface area (Å²) in [5.74, 6) is -0.870. The minimum atomic E-state index is -0.704. The molecule has 1 unspecified atom stereocenters. The summed E-state index contributed by atoms with van der Waals surface area (Å²) >= 11 is 0. The number of Topliss-reactive ketones (excluding diaryl/α,β-unsaturated/α-hetero) is 1. The van der Waals surface area contributed by atoms with Gasteiger partial charge in [-0.25, -0.2) is 0 Å². The number of aliphatic hydroxyl groups is 1. The molecule has 2 aromatic rings. The molecule has 0 aliphatic carbocycles. The summed E-state index contributed by atoms with van der Waals surface area (Å²) < 4.78 is 10.6. The van der Waals surface area contributed by atoms with Gasteiger partial charge < -0.3 is 19.5 Å². The molecule has 0 saturated carbocycles. The number of carbonyl (C=O) groups excluding carboxylic acids is 2. The summed E-state index contributed by atoms with van der Waals surface area (Å²) in [4.78, 5) is 31.2. The first-order chi connectivity index (χ1) is 14.6. The predicted molar refractivity (Wildman–Crippen MR) is 112 cm³/mol. The van der Waals surface area contributed by atoms with Gasteiger partial charge in [0.2, 0.25) is 0 Å². The number of aromatic nitrogens is 1. The molecule has 1 aliphatic rings. The van der Waals surface area contributed by atoms with Crippen LogP contribution in [-0.4, -0.2) is 53.5 Å². The van der Waals surface area contributed by atoms with Crippen LogP contribution in [0.15, 0.2) is 54.4 Å². The molecule has 1 amide bonds. The number of pyridine rings is 1. The predicted octanol–water partition coefficient (Wildman–Crippen LogP) is 3.33. The van der Waals surface area contributed by atoms with Crippen LogP contribution in [0.2, 0.25) is 0 Å². The quantitative estimate of drug-likeness (QED) is 0.295. The van der Waals surface area contributed by atoms with Crippen molar-refractivity contribution < 1.29 is 24.2 Å². The van der Waals surface area contributed by atoms with Gasteiger partial charge in [0, 0.05) is 38.2 Å². The van der Waals surface area contributed by atoms with Crippen molar-refractivity contribution in [2.45, 2.75) is 25.8 Å². The zero-order valence-corrected chi connectivity index (χ0v) is 17.2. The van der Waals surface area contributed by atoms with Crippen LogP contribution in [-0.2, 0) is 14.3 Å². The maximum Gasteiger partial charge on any atom is 0.295 e. The Balaban J connectivity index is 2.00. The summed E-state index contributed by atoms with van der Waals surface area (Å²) in [5, 5.41) is 11.0. The summed E-state index contributed by atoms with van der Waals surface area (Å²) in [6.45, 7) is 3.41. The Kier molecular flexibility index (Phi) is 7.19. The number of ether oxygens (including phenoxy) is 2. The van der Waals surface area contributed by atoms with Crippen molar-refractivity contribution >= 4 is 17.4 Å². The smallest absolute Gasteiger partial charge is 0.295 e. The molecule has 0 spiro atoms. The van der Waals surface area contributed by atoms with E-state index in [-0.39, 0.29) is 11.3 Å². The lowest BCUT2D eigenvalue weighted by Crippen LogP contribution is -2.31. The van der Waals surface area contributed by atoms with Gasteiger partial charge in [-0.1, -0.05) is 13.0 Å². The average Bonchev–Trinajstić information content (AvgIpc) is 3.03. The highest BCUT2D eigenvalue weighted by Gasteiger charge is 2.45. The van der Waals surface area contributed by atoms with E-state index in [2.05, 4.69) is 4.98 Å². The number of nitrogens with zero attached hydrogens (tertiary/aromatic N) is 2. The monoisotopic (exact) mass is 410 g/mol. The number of aliphatic hydroxyl groups excluding tert-OH is 1. The zero-order chi connectivity index (χ0) is 21.5. The standard InChI is InChI=1S/C23H26N2O5/c1-3-13-30-18-9-7-16(8-10-18)21(26)19-20(17-6-4-11-24-15-17)25(12-5-14-29-2)23(28)22(19)27/h4,6-11,15,20,26H,3,5,12-14H2,1-2H3. The second kappa shape index (κ2) is 10.0. The minimum Gasteiger partial charge on any atom is -0.507 e. The van der Waals surface area contributed by atoms with Crippen molar-refractivity contribution in [3.8, 4) is 5.75 Å². The number of methoxy groups -OCH3 is 1. The molecule has 1 N–H and O–H groups in total. The Morgan fingerprint density at radius 3 is 2.57 bits per heavy atom. The summed E-state index contributed by atoms with van der Waals surface area (Å²) in [6, 6.07) is 9.66. The van der Waals surface area contributed by atoms with E-state index in [1.54, 1.807) is 55.9 Å². The number of ketones is 1. The normalized spacial score (nSPS) is 18.1.